The molecule has 17 heavy (non-hydrogen) atoms. The summed E-state index contributed by atoms with van der Waals surface area (Å²) < 4.78 is 2.39. The van der Waals surface area contributed by atoms with E-state index in [0.29, 0.717) is 0 Å². The Morgan fingerprint density at radius 1 is 1.06 bits per heavy atom. The Morgan fingerprint density at radius 3 is 2.53 bits per heavy atom. The van der Waals surface area contributed by atoms with Crippen LogP contribution in [0.2, 0.25) is 0 Å². The molecule has 3 nitrogen and oxygen atoms in total. The van der Waals surface area contributed by atoms with E-state index < -0.39 is 0 Å². The molecule has 4 heteroatoms. The van der Waals surface area contributed by atoms with E-state index in [1.165, 1.54) is 43.3 Å². The summed E-state index contributed by atoms with van der Waals surface area (Å²) in [5.41, 5.74) is -0.123. The maximum absolute atomic E-state index is 12.7. The molecule has 0 aromatic heterocycles. The first-order chi connectivity index (χ1) is 8.18. The Bertz CT molecular complexity index is 335. The SMILES string of the molecule is O=[N+]1C2CCCCCC13CCCCC[N+]3(Br)C2. The highest BCUT2D eigenvalue weighted by Crippen LogP contribution is 2.49. The minimum Gasteiger partial charge on any atom is -0.188 e. The third-order valence-electron chi connectivity index (χ3n) is 5.19. The maximum Gasteiger partial charge on any atom is 0.344 e. The maximum atomic E-state index is 12.7. The van der Waals surface area contributed by atoms with Crippen LogP contribution in [0.15, 0.2) is 0 Å². The van der Waals surface area contributed by atoms with Gasteiger partial charge in [0, 0.05) is 11.3 Å². The smallest absolute Gasteiger partial charge is 0.188 e. The Hall–Kier alpha value is 0.0400. The predicted molar refractivity (Wildman–Crippen MR) is 70.6 cm³/mol. The second-order valence-corrected chi connectivity index (χ2v) is 7.50. The first-order valence-corrected chi connectivity index (χ1v) is 7.92. The van der Waals surface area contributed by atoms with Crippen molar-refractivity contribution in [1.29, 1.82) is 0 Å². The Labute approximate surface area is 112 Å². The number of hydrogen-bond acceptors (Lipinski definition) is 1. The van der Waals surface area contributed by atoms with Gasteiger partial charge < -0.3 is 0 Å². The largest absolute Gasteiger partial charge is 0.344 e. The predicted octanol–water partition coefficient (Wildman–Crippen LogP) is 3.51. The molecule has 3 fully saturated rings. The van der Waals surface area contributed by atoms with Gasteiger partial charge in [0.15, 0.2) is 6.54 Å². The van der Waals surface area contributed by atoms with Gasteiger partial charge in [-0.3, -0.25) is 0 Å². The first-order valence-electron chi connectivity index (χ1n) is 7.21. The Kier molecular flexibility index (Phi) is 3.06. The summed E-state index contributed by atoms with van der Waals surface area (Å²) in [6.07, 6.45) is 10.9. The molecule has 3 heterocycles. The van der Waals surface area contributed by atoms with Crippen LogP contribution < -0.4 is 0 Å². The summed E-state index contributed by atoms with van der Waals surface area (Å²) in [6.45, 7) is 2.18. The van der Waals surface area contributed by atoms with Gasteiger partial charge in [0.1, 0.15) is 0 Å². The topological polar surface area (TPSA) is 20.1 Å². The number of halogens is 1. The molecule has 0 radical (unpaired) electrons. The van der Waals surface area contributed by atoms with Crippen molar-refractivity contribution in [1.82, 2.24) is 0 Å². The average molecular weight is 303 g/mol. The van der Waals surface area contributed by atoms with Crippen molar-refractivity contribution in [3.63, 3.8) is 0 Å². The molecule has 3 atom stereocenters. The van der Waals surface area contributed by atoms with Gasteiger partial charge in [0.25, 0.3) is 6.04 Å². The molecule has 1 spiro atoms. The number of nitrogens with zero attached hydrogens (tertiary/aromatic N) is 2. The number of hydrogen-bond donors (Lipinski definition) is 0. The number of quaternary nitrogens is 1. The standard InChI is InChI=1S/C13H23BrN2O/c14-16-10-6-2-5-9-13(16)8-4-1-3-7-12(11-16)15(13)17/h12H,1-11H2/q+2. The molecule has 3 rings (SSSR count). The molecular weight excluding hydrogens is 280 g/mol. The molecular formula is C13H23BrN2O+2. The van der Waals surface area contributed by atoms with Crippen molar-refractivity contribution in [2.75, 3.05) is 13.1 Å². The van der Waals surface area contributed by atoms with Gasteiger partial charge in [-0.25, -0.2) is 0 Å². The van der Waals surface area contributed by atoms with Crippen molar-refractivity contribution in [2.24, 2.45) is 0 Å². The van der Waals surface area contributed by atoms with Crippen molar-refractivity contribution >= 4 is 16.1 Å². The van der Waals surface area contributed by atoms with E-state index in [1.807, 2.05) is 0 Å². The molecule has 0 saturated carbocycles. The van der Waals surface area contributed by atoms with Gasteiger partial charge >= 0.3 is 5.66 Å². The quantitative estimate of drug-likeness (QED) is 0.495. The molecule has 3 aliphatic rings. The molecule has 0 aliphatic carbocycles. The zero-order chi connectivity index (χ0) is 11.9. The monoisotopic (exact) mass is 302 g/mol. The fraction of sp³-hybridized carbons (Fsp3) is 1.00. The van der Waals surface area contributed by atoms with Crippen molar-refractivity contribution in [2.45, 2.75) is 69.5 Å². The normalized spacial score (nSPS) is 46.9. The lowest BCUT2D eigenvalue weighted by Gasteiger charge is -2.33. The summed E-state index contributed by atoms with van der Waals surface area (Å²) in [4.78, 5) is 12.7. The molecule has 3 unspecified atom stereocenters. The fourth-order valence-corrected chi connectivity index (χ4v) is 5.36. The molecule has 0 amide bonds. The van der Waals surface area contributed by atoms with E-state index in [1.54, 1.807) is 0 Å². The number of fused-ring (bicyclic) bond motifs is 1. The van der Waals surface area contributed by atoms with E-state index in [-0.39, 0.29) is 11.7 Å². The fourth-order valence-electron chi connectivity index (χ4n) is 4.26. The van der Waals surface area contributed by atoms with Gasteiger partial charge in [-0.2, -0.15) is 3.51 Å². The second kappa shape index (κ2) is 4.30. The minimum atomic E-state index is -0.123. The van der Waals surface area contributed by atoms with Crippen molar-refractivity contribution < 1.29 is 8.27 Å². The average Bonchev–Trinajstić information content (AvgIpc) is 2.42. The van der Waals surface area contributed by atoms with Crippen LogP contribution in [-0.2, 0) is 0 Å². The summed E-state index contributed by atoms with van der Waals surface area (Å²) in [7, 11) is 0. The van der Waals surface area contributed by atoms with Gasteiger partial charge in [-0.1, -0.05) is 6.42 Å². The molecule has 96 valence electrons. The van der Waals surface area contributed by atoms with Crippen LogP contribution in [0.1, 0.15) is 57.8 Å². The number of nitroso groups, excluding NO2 is 1. The highest BCUT2D eigenvalue weighted by atomic mass is 79.9. The van der Waals surface area contributed by atoms with Gasteiger partial charge in [-0.15, -0.1) is 0 Å². The highest BCUT2D eigenvalue weighted by molar-refractivity contribution is 9.05. The Balaban J connectivity index is 2.01. The third kappa shape index (κ3) is 1.71. The molecule has 2 bridgehead atoms. The van der Waals surface area contributed by atoms with E-state index in [2.05, 4.69) is 16.1 Å². The van der Waals surface area contributed by atoms with E-state index in [4.69, 9.17) is 0 Å². The van der Waals surface area contributed by atoms with Crippen molar-refractivity contribution in [3.05, 3.63) is 4.91 Å². The lowest BCUT2D eigenvalue weighted by molar-refractivity contribution is -0.915. The van der Waals surface area contributed by atoms with Crippen LogP contribution in [0.3, 0.4) is 0 Å². The summed E-state index contributed by atoms with van der Waals surface area (Å²) in [6, 6.07) is 0.271. The summed E-state index contributed by atoms with van der Waals surface area (Å²) >= 11 is 3.98. The molecule has 0 N–H and O–H groups in total. The molecule has 3 saturated heterocycles. The minimum absolute atomic E-state index is 0.123. The third-order valence-corrected chi connectivity index (χ3v) is 6.50. The highest BCUT2D eigenvalue weighted by Gasteiger charge is 2.71. The van der Waals surface area contributed by atoms with Crippen molar-refractivity contribution in [3.8, 4) is 0 Å². The van der Waals surface area contributed by atoms with Crippen LogP contribution in [0.25, 0.3) is 0 Å². The zero-order valence-corrected chi connectivity index (χ0v) is 12.1. The molecule has 0 aromatic carbocycles. The van der Waals surface area contributed by atoms with Crippen LogP contribution in [0.4, 0.5) is 0 Å². The zero-order valence-electron chi connectivity index (χ0n) is 10.5. The molecule has 0 aromatic rings. The molecule has 3 aliphatic heterocycles. The first kappa shape index (κ1) is 12.1. The lowest BCUT2D eigenvalue weighted by Crippen LogP contribution is -2.56. The van der Waals surface area contributed by atoms with E-state index in [9.17, 15) is 4.91 Å². The van der Waals surface area contributed by atoms with E-state index in [0.717, 1.165) is 35.9 Å². The lowest BCUT2D eigenvalue weighted by atomic mass is 9.93. The van der Waals surface area contributed by atoms with Gasteiger partial charge in [-0.05, 0) is 32.1 Å². The van der Waals surface area contributed by atoms with Crippen LogP contribution in [0, 0.1) is 4.91 Å². The summed E-state index contributed by atoms with van der Waals surface area (Å²) in [5, 5.41) is 0. The second-order valence-electron chi connectivity index (χ2n) is 6.14. The van der Waals surface area contributed by atoms with Gasteiger partial charge in [0.05, 0.1) is 24.1 Å². The van der Waals surface area contributed by atoms with Crippen LogP contribution >= 0.6 is 16.1 Å². The van der Waals surface area contributed by atoms with Crippen LogP contribution in [-0.4, -0.2) is 33.1 Å². The number of rotatable bonds is 0. The summed E-state index contributed by atoms with van der Waals surface area (Å²) in [5.74, 6) is 0. The van der Waals surface area contributed by atoms with Gasteiger partial charge in [0.2, 0.25) is 16.1 Å². The Morgan fingerprint density at radius 2 is 1.76 bits per heavy atom. The van der Waals surface area contributed by atoms with E-state index >= 15 is 0 Å². The van der Waals surface area contributed by atoms with Crippen LogP contribution in [0.5, 0.6) is 0 Å².